The maximum absolute atomic E-state index is 10.9. The number of halogens is 1. The molecule has 0 radical (unpaired) electrons. The summed E-state index contributed by atoms with van der Waals surface area (Å²) in [6.07, 6.45) is 2.31. The highest BCUT2D eigenvalue weighted by Gasteiger charge is 2.22. The number of aryl methyl sites for hydroxylation is 1. The van der Waals surface area contributed by atoms with Gasteiger partial charge in [0.25, 0.3) is 5.69 Å². The fourth-order valence-corrected chi connectivity index (χ4v) is 3.34. The molecule has 20 heavy (non-hydrogen) atoms. The summed E-state index contributed by atoms with van der Waals surface area (Å²) in [5.41, 5.74) is 1.95. The van der Waals surface area contributed by atoms with Gasteiger partial charge in [-0.25, -0.2) is 0 Å². The molecule has 0 aliphatic carbocycles. The van der Waals surface area contributed by atoms with Crippen LogP contribution in [-0.2, 0) is 0 Å². The molecule has 2 rings (SSSR count). The Morgan fingerprint density at radius 3 is 2.65 bits per heavy atom. The molecule has 110 valence electrons. The van der Waals surface area contributed by atoms with Gasteiger partial charge in [-0.15, -0.1) is 0 Å². The van der Waals surface area contributed by atoms with E-state index in [1.165, 1.54) is 0 Å². The Kier molecular flexibility index (Phi) is 4.99. The normalized spacial score (nSPS) is 16.4. The molecule has 0 bridgehead atoms. The van der Waals surface area contributed by atoms with Crippen LogP contribution >= 0.6 is 15.9 Å². The van der Waals surface area contributed by atoms with E-state index in [-0.39, 0.29) is 10.6 Å². The summed E-state index contributed by atoms with van der Waals surface area (Å²) in [5.74, 6) is 0.731. The molecule has 0 amide bonds. The molecule has 0 unspecified atom stereocenters. The van der Waals surface area contributed by atoms with Gasteiger partial charge in [-0.1, -0.05) is 0 Å². The zero-order valence-electron chi connectivity index (χ0n) is 11.9. The average Bonchev–Trinajstić information content (AvgIpc) is 2.42. The predicted octanol–water partition coefficient (Wildman–Crippen LogP) is 3.10. The SMILES string of the molecule is CNCC1CCN(c2cc(C)c([N+](=O)[O-])cc2Br)CC1. The van der Waals surface area contributed by atoms with E-state index in [9.17, 15) is 10.1 Å². The first-order valence-electron chi connectivity index (χ1n) is 6.87. The fourth-order valence-electron chi connectivity index (χ4n) is 2.76. The van der Waals surface area contributed by atoms with E-state index in [1.54, 1.807) is 13.0 Å². The van der Waals surface area contributed by atoms with E-state index in [4.69, 9.17) is 0 Å². The number of hydrogen-bond donors (Lipinski definition) is 1. The molecule has 1 aliphatic rings. The molecule has 0 aromatic heterocycles. The predicted molar refractivity (Wildman–Crippen MR) is 84.4 cm³/mol. The molecule has 1 saturated heterocycles. The summed E-state index contributed by atoms with van der Waals surface area (Å²) in [7, 11) is 1.99. The minimum atomic E-state index is -0.330. The van der Waals surface area contributed by atoms with Gasteiger partial charge >= 0.3 is 0 Å². The molecule has 1 aromatic carbocycles. The molecule has 0 saturated carbocycles. The van der Waals surface area contributed by atoms with Gasteiger partial charge in [-0.3, -0.25) is 10.1 Å². The molecular weight excluding hydrogens is 322 g/mol. The molecule has 1 heterocycles. The number of nitrogens with zero attached hydrogens (tertiary/aromatic N) is 2. The first-order chi connectivity index (χ1) is 9.52. The van der Waals surface area contributed by atoms with Gasteiger partial charge in [-0.2, -0.15) is 0 Å². The van der Waals surface area contributed by atoms with E-state index in [2.05, 4.69) is 26.1 Å². The van der Waals surface area contributed by atoms with Crippen molar-refractivity contribution in [3.8, 4) is 0 Å². The van der Waals surface area contributed by atoms with E-state index in [0.717, 1.165) is 48.6 Å². The Balaban J connectivity index is 2.14. The van der Waals surface area contributed by atoms with Crippen molar-refractivity contribution in [1.29, 1.82) is 0 Å². The first kappa shape index (κ1) is 15.3. The van der Waals surface area contributed by atoms with Crippen LogP contribution in [0.5, 0.6) is 0 Å². The summed E-state index contributed by atoms with van der Waals surface area (Å²) in [6.45, 7) is 4.86. The Bertz CT molecular complexity index is 499. The van der Waals surface area contributed by atoms with Crippen LogP contribution in [0.3, 0.4) is 0 Å². The minimum absolute atomic E-state index is 0.172. The number of benzene rings is 1. The van der Waals surface area contributed by atoms with Crippen molar-refractivity contribution in [2.45, 2.75) is 19.8 Å². The second-order valence-electron chi connectivity index (χ2n) is 5.34. The van der Waals surface area contributed by atoms with Crippen molar-refractivity contribution < 1.29 is 4.92 Å². The van der Waals surface area contributed by atoms with Crippen molar-refractivity contribution in [2.24, 2.45) is 5.92 Å². The lowest BCUT2D eigenvalue weighted by atomic mass is 9.96. The van der Waals surface area contributed by atoms with Gasteiger partial charge in [0, 0.05) is 29.2 Å². The quantitative estimate of drug-likeness (QED) is 0.675. The summed E-state index contributed by atoms with van der Waals surface area (Å²) >= 11 is 3.47. The molecule has 1 N–H and O–H groups in total. The number of anilines is 1. The van der Waals surface area contributed by atoms with Gasteiger partial charge < -0.3 is 10.2 Å². The molecule has 1 fully saturated rings. The second-order valence-corrected chi connectivity index (χ2v) is 6.19. The number of piperidine rings is 1. The topological polar surface area (TPSA) is 58.4 Å². The van der Waals surface area contributed by atoms with Crippen LogP contribution in [0, 0.1) is 23.0 Å². The summed E-state index contributed by atoms with van der Waals surface area (Å²) < 4.78 is 0.807. The Morgan fingerprint density at radius 2 is 2.10 bits per heavy atom. The summed E-state index contributed by atoms with van der Waals surface area (Å²) in [4.78, 5) is 12.9. The monoisotopic (exact) mass is 341 g/mol. The lowest BCUT2D eigenvalue weighted by Gasteiger charge is -2.34. The van der Waals surface area contributed by atoms with Crippen LogP contribution < -0.4 is 10.2 Å². The highest BCUT2D eigenvalue weighted by atomic mass is 79.9. The van der Waals surface area contributed by atoms with E-state index >= 15 is 0 Å². The summed E-state index contributed by atoms with van der Waals surface area (Å²) in [5, 5.41) is 14.2. The molecule has 0 atom stereocenters. The lowest BCUT2D eigenvalue weighted by molar-refractivity contribution is -0.385. The molecule has 1 aliphatic heterocycles. The van der Waals surface area contributed by atoms with E-state index in [1.807, 2.05) is 13.1 Å². The molecule has 5 nitrogen and oxygen atoms in total. The Labute approximate surface area is 127 Å². The first-order valence-corrected chi connectivity index (χ1v) is 7.66. The highest BCUT2D eigenvalue weighted by Crippen LogP contribution is 2.35. The van der Waals surface area contributed by atoms with Crippen LogP contribution in [0.25, 0.3) is 0 Å². The largest absolute Gasteiger partial charge is 0.371 e. The van der Waals surface area contributed by atoms with Crippen molar-refractivity contribution >= 4 is 27.3 Å². The minimum Gasteiger partial charge on any atom is -0.371 e. The fraction of sp³-hybridized carbons (Fsp3) is 0.571. The number of rotatable bonds is 4. The zero-order valence-corrected chi connectivity index (χ0v) is 13.4. The van der Waals surface area contributed by atoms with Crippen molar-refractivity contribution in [3.63, 3.8) is 0 Å². The van der Waals surface area contributed by atoms with Gasteiger partial charge in [0.05, 0.1) is 10.6 Å². The molecule has 0 spiro atoms. The van der Waals surface area contributed by atoms with Gasteiger partial charge in [0.1, 0.15) is 0 Å². The van der Waals surface area contributed by atoms with Gasteiger partial charge in [-0.05, 0) is 61.3 Å². The number of nitro benzene ring substituents is 1. The van der Waals surface area contributed by atoms with Gasteiger partial charge in [0.15, 0.2) is 0 Å². The van der Waals surface area contributed by atoms with Crippen LogP contribution in [-0.4, -0.2) is 31.6 Å². The Hall–Kier alpha value is -1.14. The van der Waals surface area contributed by atoms with E-state index in [0.29, 0.717) is 5.56 Å². The third-order valence-corrected chi connectivity index (χ3v) is 4.55. The number of nitro groups is 1. The maximum atomic E-state index is 10.9. The van der Waals surface area contributed by atoms with Crippen LogP contribution in [0.4, 0.5) is 11.4 Å². The third kappa shape index (κ3) is 3.30. The van der Waals surface area contributed by atoms with Crippen LogP contribution in [0.1, 0.15) is 18.4 Å². The van der Waals surface area contributed by atoms with Crippen LogP contribution in [0.15, 0.2) is 16.6 Å². The smallest absolute Gasteiger partial charge is 0.273 e. The molecular formula is C14H20BrN3O2. The average molecular weight is 342 g/mol. The van der Waals surface area contributed by atoms with Crippen molar-refractivity contribution in [1.82, 2.24) is 5.32 Å². The lowest BCUT2D eigenvalue weighted by Crippen LogP contribution is -2.36. The van der Waals surface area contributed by atoms with Crippen molar-refractivity contribution in [3.05, 3.63) is 32.3 Å². The number of nitrogens with one attached hydrogen (secondary N) is 1. The number of hydrogen-bond acceptors (Lipinski definition) is 4. The van der Waals surface area contributed by atoms with Crippen molar-refractivity contribution in [2.75, 3.05) is 31.6 Å². The second kappa shape index (κ2) is 6.54. The third-order valence-electron chi connectivity index (χ3n) is 3.91. The maximum Gasteiger partial charge on any atom is 0.273 e. The Morgan fingerprint density at radius 1 is 1.45 bits per heavy atom. The zero-order chi connectivity index (χ0) is 14.7. The standard InChI is InChI=1S/C14H20BrN3O2/c1-10-7-14(12(15)8-13(10)18(19)20)17-5-3-11(4-6-17)9-16-2/h7-8,11,16H,3-6,9H2,1-2H3. The summed E-state index contributed by atoms with van der Waals surface area (Å²) in [6, 6.07) is 3.53. The highest BCUT2D eigenvalue weighted by molar-refractivity contribution is 9.10. The van der Waals surface area contributed by atoms with Gasteiger partial charge in [0.2, 0.25) is 0 Å². The van der Waals surface area contributed by atoms with Crippen LogP contribution in [0.2, 0.25) is 0 Å². The van der Waals surface area contributed by atoms with E-state index < -0.39 is 0 Å². The molecule has 6 heteroatoms. The molecule has 1 aromatic rings.